The van der Waals surface area contributed by atoms with Crippen molar-refractivity contribution in [3.8, 4) is 18.1 Å². The van der Waals surface area contributed by atoms with Crippen LogP contribution >= 0.6 is 0 Å². The first-order valence-corrected chi connectivity index (χ1v) is 15.9. The number of ether oxygens (including phenoxy) is 2. The standard InChI is InChI=1S/C35H46BN5O6/c1-6-21-47-25(3)31(38-32(42)24(2)39(4)35(36)45)34(44)41-19-10-13-28(41)23-40(20-18-26-11-8-7-9-12-26)33(43)30(37)22-27-14-16-29(46-5)17-15-27/h1,7-9,11-12,14-17,24-25,28,30-31H,10,13,18-23,37H2,2-5H3,(H,38,42)/t24-,25+,28-,30+,31-/m0/s1. The van der Waals surface area contributed by atoms with Gasteiger partial charge < -0.3 is 35.2 Å². The molecule has 0 aromatic heterocycles. The number of rotatable bonds is 16. The first kappa shape index (κ1) is 37.1. The molecule has 0 spiro atoms. The molecule has 4 amide bonds. The van der Waals surface area contributed by atoms with Crippen molar-refractivity contribution in [2.24, 2.45) is 5.73 Å². The molecule has 1 heterocycles. The third-order valence-corrected chi connectivity index (χ3v) is 8.62. The van der Waals surface area contributed by atoms with Gasteiger partial charge in [-0.3, -0.25) is 19.2 Å². The molecular weight excluding hydrogens is 597 g/mol. The number of carbonyl (C=O) groups is 4. The summed E-state index contributed by atoms with van der Waals surface area (Å²) in [6.45, 7) is 4.23. The second kappa shape index (κ2) is 18.1. The van der Waals surface area contributed by atoms with Gasteiger partial charge in [0, 0.05) is 32.7 Å². The van der Waals surface area contributed by atoms with E-state index in [0.717, 1.165) is 22.4 Å². The predicted octanol–water partition coefficient (Wildman–Crippen LogP) is 1.76. The molecule has 1 aliphatic rings. The lowest BCUT2D eigenvalue weighted by Crippen LogP contribution is -2.59. The van der Waals surface area contributed by atoms with Crippen LogP contribution in [-0.2, 0) is 32.0 Å². The first-order chi connectivity index (χ1) is 22.5. The van der Waals surface area contributed by atoms with Crippen LogP contribution in [0.2, 0.25) is 0 Å². The van der Waals surface area contributed by atoms with Crippen molar-refractivity contribution in [2.45, 2.75) is 69.8 Å². The highest BCUT2D eigenvalue weighted by Gasteiger charge is 2.39. The molecule has 250 valence electrons. The fraction of sp³-hybridized carbons (Fsp3) is 0.486. The molecule has 3 N–H and O–H groups in total. The zero-order valence-corrected chi connectivity index (χ0v) is 27.8. The second-order valence-corrected chi connectivity index (χ2v) is 11.8. The minimum Gasteiger partial charge on any atom is -0.497 e. The number of benzene rings is 2. The molecule has 0 saturated carbocycles. The number of hydrogen-bond donors (Lipinski definition) is 2. The van der Waals surface area contributed by atoms with E-state index in [4.69, 9.17) is 29.5 Å². The number of amides is 4. The van der Waals surface area contributed by atoms with Crippen LogP contribution in [0.25, 0.3) is 0 Å². The van der Waals surface area contributed by atoms with Gasteiger partial charge in [-0.1, -0.05) is 48.4 Å². The zero-order valence-electron chi connectivity index (χ0n) is 27.8. The lowest BCUT2D eigenvalue weighted by molar-refractivity contribution is -0.143. The van der Waals surface area contributed by atoms with Crippen molar-refractivity contribution >= 4 is 31.4 Å². The molecule has 2 radical (unpaired) electrons. The fourth-order valence-corrected chi connectivity index (χ4v) is 5.58. The molecule has 2 aromatic rings. The average molecular weight is 644 g/mol. The van der Waals surface area contributed by atoms with Crippen LogP contribution in [0.3, 0.4) is 0 Å². The summed E-state index contributed by atoms with van der Waals surface area (Å²) in [5.74, 6) is 1.18. The molecule has 0 unspecified atom stereocenters. The molecular formula is C35H46BN5O6. The molecule has 11 nitrogen and oxygen atoms in total. The van der Waals surface area contributed by atoms with Crippen LogP contribution in [0.4, 0.5) is 4.79 Å². The van der Waals surface area contributed by atoms with Crippen molar-refractivity contribution in [1.29, 1.82) is 0 Å². The number of carbonyl (C=O) groups excluding carboxylic acids is 4. The van der Waals surface area contributed by atoms with Gasteiger partial charge in [-0.25, -0.2) is 0 Å². The summed E-state index contributed by atoms with van der Waals surface area (Å²) >= 11 is 0. The van der Waals surface area contributed by atoms with E-state index in [1.54, 1.807) is 23.8 Å². The van der Waals surface area contributed by atoms with Crippen molar-refractivity contribution < 1.29 is 28.7 Å². The Labute approximate surface area is 279 Å². The Morgan fingerprint density at radius 1 is 1.11 bits per heavy atom. The Bertz CT molecular complexity index is 1390. The molecule has 1 aliphatic heterocycles. The van der Waals surface area contributed by atoms with Crippen molar-refractivity contribution in [1.82, 2.24) is 20.0 Å². The van der Waals surface area contributed by atoms with Gasteiger partial charge in [-0.2, -0.15) is 0 Å². The number of nitrogens with one attached hydrogen (secondary N) is 1. The number of nitrogens with two attached hydrogens (primary N) is 1. The van der Waals surface area contributed by atoms with Gasteiger partial charge in [0.1, 0.15) is 24.4 Å². The first-order valence-electron chi connectivity index (χ1n) is 15.9. The van der Waals surface area contributed by atoms with Gasteiger partial charge >= 0.3 is 0 Å². The lowest BCUT2D eigenvalue weighted by atomic mass is 10.0. The van der Waals surface area contributed by atoms with E-state index in [1.165, 1.54) is 14.0 Å². The summed E-state index contributed by atoms with van der Waals surface area (Å²) in [5.41, 5.74) is 8.48. The van der Waals surface area contributed by atoms with Crippen LogP contribution in [0.1, 0.15) is 37.8 Å². The average Bonchev–Trinajstić information content (AvgIpc) is 3.55. The summed E-state index contributed by atoms with van der Waals surface area (Å²) in [4.78, 5) is 57.3. The normalized spacial score (nSPS) is 16.7. The smallest absolute Gasteiger partial charge is 0.248 e. The van der Waals surface area contributed by atoms with E-state index in [2.05, 4.69) is 11.2 Å². The predicted molar refractivity (Wildman–Crippen MR) is 181 cm³/mol. The molecule has 5 atom stereocenters. The van der Waals surface area contributed by atoms with Crippen molar-refractivity contribution in [3.63, 3.8) is 0 Å². The maximum atomic E-state index is 14.1. The summed E-state index contributed by atoms with van der Waals surface area (Å²) < 4.78 is 10.9. The van der Waals surface area contributed by atoms with E-state index in [1.807, 2.05) is 54.6 Å². The second-order valence-electron chi connectivity index (χ2n) is 11.8. The van der Waals surface area contributed by atoms with Crippen molar-refractivity contribution in [2.75, 3.05) is 40.4 Å². The minimum atomic E-state index is -1.09. The largest absolute Gasteiger partial charge is 0.497 e. The van der Waals surface area contributed by atoms with E-state index in [9.17, 15) is 19.2 Å². The Hall–Kier alpha value is -4.34. The molecule has 3 rings (SSSR count). The van der Waals surface area contributed by atoms with Gasteiger partial charge in [0.15, 0.2) is 5.81 Å². The summed E-state index contributed by atoms with van der Waals surface area (Å²) in [5, 5.41) is 2.75. The number of methoxy groups -OCH3 is 1. The van der Waals surface area contributed by atoms with Gasteiger partial charge in [0.25, 0.3) is 0 Å². The lowest BCUT2D eigenvalue weighted by Gasteiger charge is -2.36. The number of terminal acetylenes is 1. The Morgan fingerprint density at radius 3 is 2.40 bits per heavy atom. The van der Waals surface area contributed by atoms with Crippen molar-refractivity contribution in [3.05, 3.63) is 65.7 Å². The highest BCUT2D eigenvalue weighted by Crippen LogP contribution is 2.22. The Kier molecular flexibility index (Phi) is 14.3. The van der Waals surface area contributed by atoms with Crippen LogP contribution < -0.4 is 15.8 Å². The number of hydrogen-bond acceptors (Lipinski definition) is 7. The third-order valence-electron chi connectivity index (χ3n) is 8.62. The minimum absolute atomic E-state index is 0.0607. The van der Waals surface area contributed by atoms with Crippen LogP contribution in [-0.4, -0.2) is 117 Å². The third kappa shape index (κ3) is 10.6. The Morgan fingerprint density at radius 2 is 1.79 bits per heavy atom. The van der Waals surface area contributed by atoms with Gasteiger partial charge in [0.2, 0.25) is 25.6 Å². The molecule has 0 bridgehead atoms. The number of likely N-dealkylation sites (N-methyl/N-ethyl adjacent to an activating group) is 1. The monoisotopic (exact) mass is 643 g/mol. The molecule has 0 aliphatic carbocycles. The van der Waals surface area contributed by atoms with E-state index >= 15 is 0 Å². The summed E-state index contributed by atoms with van der Waals surface area (Å²) in [7, 11) is 8.35. The van der Waals surface area contributed by atoms with E-state index < -0.39 is 35.9 Å². The quantitative estimate of drug-likeness (QED) is 0.210. The highest BCUT2D eigenvalue weighted by molar-refractivity contribution is 6.57. The van der Waals surface area contributed by atoms with Gasteiger partial charge in [0.05, 0.1) is 19.3 Å². The SMILES string of the molecule is [B]C(=O)N(C)[C@@H](C)C(=O)N[C@H](C(=O)N1CCC[C@H]1CN(CCc1ccccc1)C(=O)[C@H](N)Cc1ccc(OC)cc1)[C@@H](C)OCC#C. The number of nitrogens with zero attached hydrogens (tertiary/aromatic N) is 3. The molecule has 1 saturated heterocycles. The maximum Gasteiger partial charge on any atom is 0.248 e. The van der Waals surface area contributed by atoms with Gasteiger partial charge in [-0.15, -0.1) is 6.42 Å². The fourth-order valence-electron chi connectivity index (χ4n) is 5.58. The summed E-state index contributed by atoms with van der Waals surface area (Å²) in [6, 6.07) is 14.2. The summed E-state index contributed by atoms with van der Waals surface area (Å²) in [6.07, 6.45) is 6.95. The molecule has 1 fully saturated rings. The number of likely N-dealkylation sites (tertiary alicyclic amines) is 1. The molecule has 12 heteroatoms. The van der Waals surface area contributed by atoms with Crippen LogP contribution in [0, 0.1) is 12.3 Å². The van der Waals surface area contributed by atoms with Crippen LogP contribution in [0.5, 0.6) is 5.75 Å². The van der Waals surface area contributed by atoms with E-state index in [0.29, 0.717) is 38.1 Å². The molecule has 47 heavy (non-hydrogen) atoms. The van der Waals surface area contributed by atoms with E-state index in [-0.39, 0.29) is 31.0 Å². The highest BCUT2D eigenvalue weighted by atomic mass is 16.5. The topological polar surface area (TPSA) is 135 Å². The van der Waals surface area contributed by atoms with Gasteiger partial charge in [-0.05, 0) is 62.8 Å². The van der Waals surface area contributed by atoms with Crippen LogP contribution in [0.15, 0.2) is 54.6 Å². The Balaban J connectivity index is 1.82. The maximum absolute atomic E-state index is 14.1. The zero-order chi connectivity index (χ0) is 34.5. The molecule has 2 aromatic carbocycles.